The third-order valence-electron chi connectivity index (χ3n) is 3.05. The molecule has 0 bridgehead atoms. The molecule has 1 aromatic heterocycles. The Bertz CT molecular complexity index is 521. The van der Waals surface area contributed by atoms with Crippen molar-refractivity contribution in [3.8, 4) is 0 Å². The zero-order chi connectivity index (χ0) is 14.0. The molecule has 19 heavy (non-hydrogen) atoms. The number of H-pyrrole nitrogens is 1. The molecule has 2 atom stereocenters. The molecular weight excluding hydrogens is 252 g/mol. The van der Waals surface area contributed by atoms with Crippen molar-refractivity contribution in [3.05, 3.63) is 30.1 Å². The molecule has 0 spiro atoms. The molecule has 2 rings (SSSR count). The number of alkyl halides is 2. The van der Waals surface area contributed by atoms with Gasteiger partial charge in [0.1, 0.15) is 11.4 Å². The Hall–Kier alpha value is -1.53. The van der Waals surface area contributed by atoms with Crippen molar-refractivity contribution in [2.24, 2.45) is 0 Å². The van der Waals surface area contributed by atoms with E-state index < -0.39 is 12.0 Å². The molecule has 0 amide bonds. The van der Waals surface area contributed by atoms with Gasteiger partial charge in [-0.1, -0.05) is 12.1 Å². The summed E-state index contributed by atoms with van der Waals surface area (Å²) < 4.78 is 25.0. The van der Waals surface area contributed by atoms with Crippen LogP contribution in [0.2, 0.25) is 0 Å². The van der Waals surface area contributed by atoms with Gasteiger partial charge in [0.05, 0.1) is 17.1 Å². The molecule has 0 aliphatic carbocycles. The van der Waals surface area contributed by atoms with E-state index in [0.717, 1.165) is 18.0 Å². The highest BCUT2D eigenvalue weighted by Crippen LogP contribution is 2.18. The number of aromatic amines is 1. The monoisotopic (exact) mass is 269 g/mol. The molecule has 2 aromatic rings. The van der Waals surface area contributed by atoms with Gasteiger partial charge in [0.25, 0.3) is 6.43 Å². The first-order chi connectivity index (χ1) is 8.90. The number of imidazole rings is 1. The molecule has 104 valence electrons. The van der Waals surface area contributed by atoms with Crippen molar-refractivity contribution in [2.45, 2.75) is 31.9 Å². The van der Waals surface area contributed by atoms with E-state index in [4.69, 9.17) is 0 Å². The number of halogens is 2. The minimum atomic E-state index is -2.79. The molecule has 0 fully saturated rings. The SMILES string of the molecule is C[C@H](NCC(C)(O)C(F)F)c1nc2ccccc2[nH]1. The number of nitrogens with one attached hydrogen (secondary N) is 2. The molecule has 0 radical (unpaired) electrons. The number of nitrogens with zero attached hydrogens (tertiary/aromatic N) is 1. The fourth-order valence-corrected chi connectivity index (χ4v) is 1.71. The van der Waals surface area contributed by atoms with Gasteiger partial charge in [0.2, 0.25) is 0 Å². The van der Waals surface area contributed by atoms with Crippen molar-refractivity contribution in [3.63, 3.8) is 0 Å². The van der Waals surface area contributed by atoms with Gasteiger partial charge in [-0.3, -0.25) is 0 Å². The topological polar surface area (TPSA) is 60.9 Å². The highest BCUT2D eigenvalue weighted by molar-refractivity contribution is 5.74. The molecule has 0 aliphatic heterocycles. The lowest BCUT2D eigenvalue weighted by atomic mass is 10.1. The first kappa shape index (κ1) is 13.9. The van der Waals surface area contributed by atoms with Crippen molar-refractivity contribution in [1.29, 1.82) is 0 Å². The van der Waals surface area contributed by atoms with Crippen LogP contribution < -0.4 is 5.32 Å². The van der Waals surface area contributed by atoms with Gasteiger partial charge in [0.15, 0.2) is 0 Å². The van der Waals surface area contributed by atoms with Crippen LogP contribution in [-0.2, 0) is 0 Å². The van der Waals surface area contributed by atoms with Crippen LogP contribution in [0.15, 0.2) is 24.3 Å². The maximum absolute atomic E-state index is 12.5. The summed E-state index contributed by atoms with van der Waals surface area (Å²) >= 11 is 0. The van der Waals surface area contributed by atoms with Crippen molar-refractivity contribution < 1.29 is 13.9 Å². The van der Waals surface area contributed by atoms with E-state index in [1.54, 1.807) is 6.92 Å². The molecule has 3 N–H and O–H groups in total. The minimum Gasteiger partial charge on any atom is -0.383 e. The van der Waals surface area contributed by atoms with Crippen molar-refractivity contribution >= 4 is 11.0 Å². The average Bonchev–Trinajstić information content (AvgIpc) is 2.79. The van der Waals surface area contributed by atoms with Crippen LogP contribution in [0, 0.1) is 0 Å². The third kappa shape index (κ3) is 3.08. The highest BCUT2D eigenvalue weighted by atomic mass is 19.3. The first-order valence-electron chi connectivity index (χ1n) is 6.09. The Balaban J connectivity index is 2.05. The molecule has 1 unspecified atom stereocenters. The molecule has 0 saturated carbocycles. The lowest BCUT2D eigenvalue weighted by molar-refractivity contribution is -0.0819. The number of hydrogen-bond donors (Lipinski definition) is 3. The summed E-state index contributed by atoms with van der Waals surface area (Å²) in [7, 11) is 0. The van der Waals surface area contributed by atoms with E-state index in [1.807, 2.05) is 24.3 Å². The molecular formula is C13H17F2N3O. The Labute approximate surface area is 109 Å². The van der Waals surface area contributed by atoms with E-state index in [0.29, 0.717) is 5.82 Å². The lowest BCUT2D eigenvalue weighted by Gasteiger charge is -2.24. The largest absolute Gasteiger partial charge is 0.383 e. The van der Waals surface area contributed by atoms with Crippen molar-refractivity contribution in [2.75, 3.05) is 6.54 Å². The summed E-state index contributed by atoms with van der Waals surface area (Å²) in [5.74, 6) is 0.659. The summed E-state index contributed by atoms with van der Waals surface area (Å²) in [5.41, 5.74) is -0.321. The number of aliphatic hydroxyl groups is 1. The lowest BCUT2D eigenvalue weighted by Crippen LogP contribution is -2.44. The van der Waals surface area contributed by atoms with Crippen LogP contribution in [0.25, 0.3) is 11.0 Å². The number of benzene rings is 1. The maximum Gasteiger partial charge on any atom is 0.267 e. The van der Waals surface area contributed by atoms with Gasteiger partial charge in [-0.05, 0) is 26.0 Å². The number of rotatable bonds is 5. The molecule has 6 heteroatoms. The smallest absolute Gasteiger partial charge is 0.267 e. The predicted octanol–water partition coefficient (Wildman–Crippen LogP) is 2.23. The minimum absolute atomic E-state index is 0.205. The third-order valence-corrected chi connectivity index (χ3v) is 3.05. The Morgan fingerprint density at radius 3 is 2.74 bits per heavy atom. The first-order valence-corrected chi connectivity index (χ1v) is 6.09. The second-order valence-electron chi connectivity index (χ2n) is 4.90. The summed E-state index contributed by atoms with van der Waals surface area (Å²) in [5, 5.41) is 12.3. The molecule has 1 heterocycles. The van der Waals surface area contributed by atoms with E-state index in [9.17, 15) is 13.9 Å². The molecule has 1 aromatic carbocycles. The van der Waals surface area contributed by atoms with Crippen molar-refractivity contribution in [1.82, 2.24) is 15.3 Å². The standard InChI is InChI=1S/C13H17F2N3O/c1-8(16-7-13(2,19)12(14)15)11-17-9-5-3-4-6-10(9)18-11/h3-6,8,12,16,19H,7H2,1-2H3,(H,17,18)/t8-,13?/m0/s1. The summed E-state index contributed by atoms with van der Waals surface area (Å²) in [6, 6.07) is 7.29. The molecule has 0 saturated heterocycles. The Morgan fingerprint density at radius 1 is 1.42 bits per heavy atom. The van der Waals surface area contributed by atoms with E-state index in [-0.39, 0.29) is 12.6 Å². The zero-order valence-electron chi connectivity index (χ0n) is 10.8. The normalized spacial score (nSPS) is 16.7. The fourth-order valence-electron chi connectivity index (χ4n) is 1.71. The van der Waals surface area contributed by atoms with Gasteiger partial charge in [-0.15, -0.1) is 0 Å². The second-order valence-corrected chi connectivity index (χ2v) is 4.90. The summed E-state index contributed by atoms with van der Waals surface area (Å²) in [6.07, 6.45) is -2.79. The van der Waals surface area contributed by atoms with Crippen LogP contribution >= 0.6 is 0 Å². The van der Waals surface area contributed by atoms with E-state index in [2.05, 4.69) is 15.3 Å². The number of fused-ring (bicyclic) bond motifs is 1. The Kier molecular flexibility index (Phi) is 3.82. The Morgan fingerprint density at radius 2 is 2.11 bits per heavy atom. The second kappa shape index (κ2) is 5.22. The van der Waals surface area contributed by atoms with Gasteiger partial charge in [0, 0.05) is 6.54 Å². The highest BCUT2D eigenvalue weighted by Gasteiger charge is 2.32. The summed E-state index contributed by atoms with van der Waals surface area (Å²) in [4.78, 5) is 7.49. The maximum atomic E-state index is 12.5. The van der Waals surface area contributed by atoms with Gasteiger partial charge >= 0.3 is 0 Å². The molecule has 4 nitrogen and oxygen atoms in total. The fraction of sp³-hybridized carbons (Fsp3) is 0.462. The number of hydrogen-bond acceptors (Lipinski definition) is 3. The zero-order valence-corrected chi connectivity index (χ0v) is 10.8. The van der Waals surface area contributed by atoms with Gasteiger partial charge < -0.3 is 15.4 Å². The van der Waals surface area contributed by atoms with Gasteiger partial charge in [-0.2, -0.15) is 0 Å². The van der Waals surface area contributed by atoms with Crippen LogP contribution in [-0.4, -0.2) is 33.6 Å². The molecule has 0 aliphatic rings. The van der Waals surface area contributed by atoms with Gasteiger partial charge in [-0.25, -0.2) is 13.8 Å². The average molecular weight is 269 g/mol. The number of para-hydroxylation sites is 2. The van der Waals surface area contributed by atoms with Crippen LogP contribution in [0.1, 0.15) is 25.7 Å². The predicted molar refractivity (Wildman–Crippen MR) is 69.1 cm³/mol. The van der Waals surface area contributed by atoms with E-state index >= 15 is 0 Å². The van der Waals surface area contributed by atoms with Crippen LogP contribution in [0.4, 0.5) is 8.78 Å². The number of aromatic nitrogens is 2. The van der Waals surface area contributed by atoms with Crippen LogP contribution in [0.3, 0.4) is 0 Å². The quantitative estimate of drug-likeness (QED) is 0.780. The van der Waals surface area contributed by atoms with Crippen LogP contribution in [0.5, 0.6) is 0 Å². The van der Waals surface area contributed by atoms with E-state index in [1.165, 1.54) is 0 Å². The summed E-state index contributed by atoms with van der Waals surface area (Å²) in [6.45, 7) is 2.71.